The van der Waals surface area contributed by atoms with Crippen LogP contribution in [0.5, 0.6) is 0 Å². The number of nitrogens with zero attached hydrogens (tertiary/aromatic N) is 3. The molecule has 0 aliphatic heterocycles. The van der Waals surface area contributed by atoms with Crippen LogP contribution in [0.1, 0.15) is 43.0 Å². The molecule has 102 valence electrons. The molecule has 2 heterocycles. The van der Waals surface area contributed by atoms with Gasteiger partial charge in [0.05, 0.1) is 5.69 Å². The predicted octanol–water partition coefficient (Wildman–Crippen LogP) is 3.13. The minimum Gasteiger partial charge on any atom is -0.361 e. The third-order valence-electron chi connectivity index (χ3n) is 3.49. The van der Waals surface area contributed by atoms with Crippen molar-refractivity contribution in [3.8, 4) is 0 Å². The maximum Gasteiger partial charge on any atom is 0.208 e. The van der Waals surface area contributed by atoms with Gasteiger partial charge in [-0.2, -0.15) is 0 Å². The highest BCUT2D eigenvalue weighted by molar-refractivity contribution is 7.98. The topological polar surface area (TPSA) is 67.6 Å². The van der Waals surface area contributed by atoms with Crippen LogP contribution >= 0.6 is 11.8 Å². The number of hydrogen-bond acceptors (Lipinski definition) is 5. The smallest absolute Gasteiger partial charge is 0.208 e. The molecule has 1 N–H and O–H groups in total. The van der Waals surface area contributed by atoms with Gasteiger partial charge in [-0.05, 0) is 12.8 Å². The summed E-state index contributed by atoms with van der Waals surface area (Å²) in [7, 11) is 0. The van der Waals surface area contributed by atoms with Crippen molar-refractivity contribution in [2.75, 3.05) is 0 Å². The Morgan fingerprint density at radius 3 is 3.00 bits per heavy atom. The molecule has 0 amide bonds. The highest BCUT2D eigenvalue weighted by Gasteiger charge is 2.17. The van der Waals surface area contributed by atoms with Crippen molar-refractivity contribution >= 4 is 11.8 Å². The van der Waals surface area contributed by atoms with Crippen LogP contribution in [0.3, 0.4) is 0 Å². The molecule has 6 heteroatoms. The molecule has 1 fully saturated rings. The molecule has 2 aromatic rings. The molecule has 0 radical (unpaired) electrons. The number of aromatic nitrogens is 4. The van der Waals surface area contributed by atoms with Gasteiger partial charge in [0.1, 0.15) is 11.6 Å². The van der Waals surface area contributed by atoms with Crippen molar-refractivity contribution in [3.05, 3.63) is 23.3 Å². The molecular formula is C13H18N4OS. The first-order valence-corrected chi connectivity index (χ1v) is 7.74. The first kappa shape index (κ1) is 12.7. The summed E-state index contributed by atoms with van der Waals surface area (Å²) in [6.45, 7) is 1.90. The number of thioether (sulfide) groups is 1. The van der Waals surface area contributed by atoms with E-state index in [2.05, 4.69) is 20.3 Å². The number of H-pyrrole nitrogens is 1. The first-order chi connectivity index (χ1) is 9.29. The van der Waals surface area contributed by atoms with Crippen molar-refractivity contribution in [1.29, 1.82) is 0 Å². The van der Waals surface area contributed by atoms with E-state index in [0.717, 1.165) is 40.5 Å². The summed E-state index contributed by atoms with van der Waals surface area (Å²) < 4.78 is 5.03. The van der Waals surface area contributed by atoms with Gasteiger partial charge in [-0.3, -0.25) is 5.10 Å². The van der Waals surface area contributed by atoms with Crippen molar-refractivity contribution in [2.45, 2.75) is 49.9 Å². The molecule has 0 bridgehead atoms. The summed E-state index contributed by atoms with van der Waals surface area (Å²) in [6, 6.07) is 1.94. The molecule has 1 aliphatic carbocycles. The van der Waals surface area contributed by atoms with Crippen LogP contribution in [0.25, 0.3) is 0 Å². The molecule has 0 aromatic carbocycles. The van der Waals surface area contributed by atoms with Gasteiger partial charge in [0.25, 0.3) is 0 Å². The third kappa shape index (κ3) is 3.37. The molecule has 3 rings (SSSR count). The van der Waals surface area contributed by atoms with Gasteiger partial charge < -0.3 is 4.52 Å². The zero-order valence-corrected chi connectivity index (χ0v) is 11.9. The SMILES string of the molecule is Cc1cc(CSc2n[nH]c(CC3CCCC3)n2)no1. The average Bonchev–Trinajstić information content (AvgIpc) is 3.10. The summed E-state index contributed by atoms with van der Waals surface area (Å²) in [5, 5.41) is 12.1. The number of aryl methyl sites for hydroxylation is 1. The summed E-state index contributed by atoms with van der Waals surface area (Å²) in [6.07, 6.45) is 6.44. The minimum atomic E-state index is 0.748. The van der Waals surface area contributed by atoms with Crippen molar-refractivity contribution in [1.82, 2.24) is 20.3 Å². The Kier molecular flexibility index (Phi) is 3.87. The second kappa shape index (κ2) is 5.77. The highest BCUT2D eigenvalue weighted by Crippen LogP contribution is 2.27. The normalized spacial score (nSPS) is 16.3. The molecule has 5 nitrogen and oxygen atoms in total. The minimum absolute atomic E-state index is 0.748. The lowest BCUT2D eigenvalue weighted by atomic mass is 10.0. The van der Waals surface area contributed by atoms with E-state index in [9.17, 15) is 0 Å². The molecule has 0 spiro atoms. The van der Waals surface area contributed by atoms with Crippen molar-refractivity contribution in [2.24, 2.45) is 5.92 Å². The van der Waals surface area contributed by atoms with Crippen LogP contribution in [-0.2, 0) is 12.2 Å². The van der Waals surface area contributed by atoms with Gasteiger partial charge in [0, 0.05) is 18.2 Å². The zero-order valence-electron chi connectivity index (χ0n) is 11.1. The van der Waals surface area contributed by atoms with Crippen LogP contribution in [0.4, 0.5) is 0 Å². The monoisotopic (exact) mass is 278 g/mol. The lowest BCUT2D eigenvalue weighted by Gasteiger charge is -2.03. The molecule has 0 atom stereocenters. The molecular weight excluding hydrogens is 260 g/mol. The zero-order chi connectivity index (χ0) is 13.1. The summed E-state index contributed by atoms with van der Waals surface area (Å²) >= 11 is 1.59. The van der Waals surface area contributed by atoms with E-state index in [4.69, 9.17) is 4.52 Å². The fraction of sp³-hybridized carbons (Fsp3) is 0.615. The van der Waals surface area contributed by atoms with Crippen molar-refractivity contribution < 1.29 is 4.52 Å². The van der Waals surface area contributed by atoms with Crippen LogP contribution in [0.15, 0.2) is 15.7 Å². The lowest BCUT2D eigenvalue weighted by Crippen LogP contribution is -2.00. The highest BCUT2D eigenvalue weighted by atomic mass is 32.2. The number of rotatable bonds is 5. The quantitative estimate of drug-likeness (QED) is 0.851. The van der Waals surface area contributed by atoms with E-state index in [1.54, 1.807) is 11.8 Å². The number of nitrogens with one attached hydrogen (secondary N) is 1. The van der Waals surface area contributed by atoms with Gasteiger partial charge >= 0.3 is 0 Å². The van der Waals surface area contributed by atoms with Crippen LogP contribution in [-0.4, -0.2) is 20.3 Å². The molecule has 1 aliphatic rings. The van der Waals surface area contributed by atoms with Gasteiger partial charge in [-0.1, -0.05) is 42.6 Å². The van der Waals surface area contributed by atoms with Gasteiger partial charge in [-0.25, -0.2) is 4.98 Å². The first-order valence-electron chi connectivity index (χ1n) is 6.76. The number of aromatic amines is 1. The Bertz CT molecular complexity index is 530. The second-order valence-corrected chi connectivity index (χ2v) is 6.08. The Morgan fingerprint density at radius 1 is 1.42 bits per heavy atom. The summed E-state index contributed by atoms with van der Waals surface area (Å²) in [4.78, 5) is 4.53. The molecule has 2 aromatic heterocycles. The lowest BCUT2D eigenvalue weighted by molar-refractivity contribution is 0.393. The average molecular weight is 278 g/mol. The number of hydrogen-bond donors (Lipinski definition) is 1. The van der Waals surface area contributed by atoms with Crippen LogP contribution in [0, 0.1) is 12.8 Å². The van der Waals surface area contributed by atoms with E-state index in [1.165, 1.54) is 25.7 Å². The van der Waals surface area contributed by atoms with E-state index in [0.29, 0.717) is 0 Å². The largest absolute Gasteiger partial charge is 0.361 e. The predicted molar refractivity (Wildman–Crippen MR) is 72.8 cm³/mol. The van der Waals surface area contributed by atoms with E-state index >= 15 is 0 Å². The van der Waals surface area contributed by atoms with E-state index in [-0.39, 0.29) is 0 Å². The summed E-state index contributed by atoms with van der Waals surface area (Å²) in [5.74, 6) is 3.40. The Labute approximate surface area is 116 Å². The third-order valence-corrected chi connectivity index (χ3v) is 4.37. The fourth-order valence-electron chi connectivity index (χ4n) is 2.55. The molecule has 0 saturated heterocycles. The molecule has 1 saturated carbocycles. The molecule has 19 heavy (non-hydrogen) atoms. The maximum absolute atomic E-state index is 5.03. The van der Waals surface area contributed by atoms with Gasteiger partial charge in [0.2, 0.25) is 5.16 Å². The second-order valence-electron chi connectivity index (χ2n) is 5.14. The van der Waals surface area contributed by atoms with E-state index < -0.39 is 0 Å². The summed E-state index contributed by atoms with van der Waals surface area (Å²) in [5.41, 5.74) is 0.935. The van der Waals surface area contributed by atoms with E-state index in [1.807, 2.05) is 13.0 Å². The van der Waals surface area contributed by atoms with Crippen LogP contribution in [0.2, 0.25) is 0 Å². The molecule has 0 unspecified atom stereocenters. The Balaban J connectivity index is 1.52. The standard InChI is InChI=1S/C13H18N4OS/c1-9-6-11(17-18-9)8-19-13-14-12(15-16-13)7-10-4-2-3-5-10/h6,10H,2-5,7-8H2,1H3,(H,14,15,16). The Hall–Kier alpha value is -1.30. The maximum atomic E-state index is 5.03. The fourth-order valence-corrected chi connectivity index (χ4v) is 3.24. The van der Waals surface area contributed by atoms with Crippen LogP contribution < -0.4 is 0 Å². The van der Waals surface area contributed by atoms with Gasteiger partial charge in [-0.15, -0.1) is 5.10 Å². The van der Waals surface area contributed by atoms with Gasteiger partial charge in [0.15, 0.2) is 0 Å². The van der Waals surface area contributed by atoms with Crippen molar-refractivity contribution in [3.63, 3.8) is 0 Å². The Morgan fingerprint density at radius 2 is 2.26 bits per heavy atom.